The van der Waals surface area contributed by atoms with Crippen LogP contribution in [0, 0.1) is 5.92 Å². The molecule has 1 aliphatic rings. The number of ether oxygens (including phenoxy) is 1. The number of piperidine rings is 1. The number of nitrogens with two attached hydrogens (primary N) is 1. The number of nitrogens with one attached hydrogen (secondary N) is 1. The van der Waals surface area contributed by atoms with E-state index >= 15 is 0 Å². The van der Waals surface area contributed by atoms with Crippen LogP contribution in [0.5, 0.6) is 5.75 Å². The maximum Gasteiger partial charge on any atom is 0.255 e. The van der Waals surface area contributed by atoms with Crippen molar-refractivity contribution in [2.75, 3.05) is 45.6 Å². The van der Waals surface area contributed by atoms with Crippen LogP contribution in [0.4, 0.5) is 5.69 Å². The number of benzene rings is 1. The summed E-state index contributed by atoms with van der Waals surface area (Å²) >= 11 is 6.08. The summed E-state index contributed by atoms with van der Waals surface area (Å²) in [6, 6.07) is 3.26. The van der Waals surface area contributed by atoms with Gasteiger partial charge in [-0.1, -0.05) is 25.4 Å². The van der Waals surface area contributed by atoms with Gasteiger partial charge in [-0.3, -0.25) is 9.59 Å². The summed E-state index contributed by atoms with van der Waals surface area (Å²) in [6.07, 6.45) is 4.75. The SMILES string of the molecule is CCCN(C=O)CCC(C)CN1CCC(NC(=O)c2cc(Cl)c(N)cc2OC)CC1. The molecule has 8 heteroatoms. The maximum absolute atomic E-state index is 12.7. The molecule has 2 amide bonds. The molecule has 1 fully saturated rings. The first kappa shape index (κ1) is 24.3. The van der Waals surface area contributed by atoms with Crippen molar-refractivity contribution in [3.8, 4) is 5.75 Å². The van der Waals surface area contributed by atoms with E-state index in [9.17, 15) is 9.59 Å². The lowest BCUT2D eigenvalue weighted by Gasteiger charge is -2.34. The van der Waals surface area contributed by atoms with E-state index in [0.29, 0.717) is 27.9 Å². The molecule has 3 N–H and O–H groups in total. The maximum atomic E-state index is 12.7. The van der Waals surface area contributed by atoms with Crippen molar-refractivity contribution in [3.63, 3.8) is 0 Å². The molecular formula is C22H35ClN4O3. The number of likely N-dealkylation sites (tertiary alicyclic amines) is 1. The van der Waals surface area contributed by atoms with Gasteiger partial charge in [-0.2, -0.15) is 0 Å². The number of rotatable bonds is 11. The normalized spacial score (nSPS) is 16.1. The Balaban J connectivity index is 1.79. The zero-order chi connectivity index (χ0) is 22.1. The van der Waals surface area contributed by atoms with E-state index in [0.717, 1.165) is 64.8 Å². The zero-order valence-electron chi connectivity index (χ0n) is 18.3. The fourth-order valence-corrected chi connectivity index (χ4v) is 4.02. The van der Waals surface area contributed by atoms with Crippen LogP contribution in [0.1, 0.15) is 49.9 Å². The summed E-state index contributed by atoms with van der Waals surface area (Å²) < 4.78 is 5.28. The Kier molecular flexibility index (Phi) is 9.72. The lowest BCUT2D eigenvalue weighted by atomic mass is 10.0. The number of methoxy groups -OCH3 is 1. The Bertz CT molecular complexity index is 708. The van der Waals surface area contributed by atoms with E-state index in [1.807, 2.05) is 4.90 Å². The summed E-state index contributed by atoms with van der Waals surface area (Å²) in [5.41, 5.74) is 6.59. The number of nitrogen functional groups attached to an aromatic ring is 1. The Hall–Kier alpha value is -1.99. The number of hydrogen-bond acceptors (Lipinski definition) is 5. The highest BCUT2D eigenvalue weighted by Gasteiger charge is 2.24. The molecule has 1 atom stereocenters. The molecule has 2 rings (SSSR count). The Morgan fingerprint density at radius 2 is 2.10 bits per heavy atom. The molecule has 1 saturated heterocycles. The van der Waals surface area contributed by atoms with Crippen LogP contribution in [0.2, 0.25) is 5.02 Å². The van der Waals surface area contributed by atoms with E-state index in [4.69, 9.17) is 22.1 Å². The molecule has 0 radical (unpaired) electrons. The lowest BCUT2D eigenvalue weighted by Crippen LogP contribution is -2.45. The fourth-order valence-electron chi connectivity index (χ4n) is 3.86. The summed E-state index contributed by atoms with van der Waals surface area (Å²) in [5.74, 6) is 0.759. The van der Waals surface area contributed by atoms with Crippen molar-refractivity contribution in [2.24, 2.45) is 5.92 Å². The van der Waals surface area contributed by atoms with Gasteiger partial charge in [0.2, 0.25) is 6.41 Å². The molecule has 0 aromatic heterocycles. The van der Waals surface area contributed by atoms with Crippen LogP contribution in [0.25, 0.3) is 0 Å². The molecular weight excluding hydrogens is 404 g/mol. The van der Waals surface area contributed by atoms with Crippen molar-refractivity contribution < 1.29 is 14.3 Å². The Morgan fingerprint density at radius 3 is 2.70 bits per heavy atom. The predicted molar refractivity (Wildman–Crippen MR) is 121 cm³/mol. The molecule has 30 heavy (non-hydrogen) atoms. The average Bonchev–Trinajstić information content (AvgIpc) is 2.74. The fraction of sp³-hybridized carbons (Fsp3) is 0.636. The van der Waals surface area contributed by atoms with Gasteiger partial charge in [0.25, 0.3) is 5.91 Å². The third-order valence-electron chi connectivity index (χ3n) is 5.63. The van der Waals surface area contributed by atoms with Gasteiger partial charge in [0.05, 0.1) is 23.4 Å². The number of carbonyl (C=O) groups excluding carboxylic acids is 2. The second-order valence-corrected chi connectivity index (χ2v) is 8.56. The van der Waals surface area contributed by atoms with Crippen LogP contribution < -0.4 is 15.8 Å². The number of hydrogen-bond donors (Lipinski definition) is 2. The predicted octanol–water partition coefficient (Wildman–Crippen LogP) is 3.02. The monoisotopic (exact) mass is 438 g/mol. The molecule has 1 aromatic carbocycles. The summed E-state index contributed by atoms with van der Waals surface area (Å²) in [6.45, 7) is 8.87. The van der Waals surface area contributed by atoms with Gasteiger partial charge >= 0.3 is 0 Å². The van der Waals surface area contributed by atoms with Gasteiger partial charge < -0.3 is 25.6 Å². The number of halogens is 1. The highest BCUT2D eigenvalue weighted by Crippen LogP contribution is 2.29. The molecule has 1 aliphatic heterocycles. The minimum atomic E-state index is -0.189. The molecule has 0 bridgehead atoms. The van der Waals surface area contributed by atoms with Gasteiger partial charge in [-0.25, -0.2) is 0 Å². The Labute approximate surface area is 184 Å². The molecule has 7 nitrogen and oxygen atoms in total. The van der Waals surface area contributed by atoms with Crippen molar-refractivity contribution in [1.82, 2.24) is 15.1 Å². The molecule has 0 aliphatic carbocycles. The summed E-state index contributed by atoms with van der Waals surface area (Å²) in [4.78, 5) is 28.1. The van der Waals surface area contributed by atoms with E-state index in [2.05, 4.69) is 24.1 Å². The van der Waals surface area contributed by atoms with Gasteiger partial charge in [0.15, 0.2) is 0 Å². The van der Waals surface area contributed by atoms with Crippen molar-refractivity contribution >= 4 is 29.6 Å². The Morgan fingerprint density at radius 1 is 1.40 bits per heavy atom. The number of amides is 2. The largest absolute Gasteiger partial charge is 0.496 e. The van der Waals surface area contributed by atoms with Gasteiger partial charge in [0, 0.05) is 44.8 Å². The first-order valence-corrected chi connectivity index (χ1v) is 11.1. The third-order valence-corrected chi connectivity index (χ3v) is 5.95. The second-order valence-electron chi connectivity index (χ2n) is 8.16. The minimum absolute atomic E-state index is 0.125. The topological polar surface area (TPSA) is 87.9 Å². The van der Waals surface area contributed by atoms with Crippen LogP contribution in [0.3, 0.4) is 0 Å². The van der Waals surface area contributed by atoms with Crippen molar-refractivity contribution in [2.45, 2.75) is 45.6 Å². The standard InChI is InChI=1S/C22H35ClN4O3/c1-4-8-27(15-28)9-5-16(2)14-26-10-6-17(7-11-26)25-22(29)18-12-19(23)20(24)13-21(18)30-3/h12-13,15-17H,4-11,14,24H2,1-3H3,(H,25,29). The van der Waals surface area contributed by atoms with E-state index < -0.39 is 0 Å². The van der Waals surface area contributed by atoms with Crippen LogP contribution in [0.15, 0.2) is 12.1 Å². The van der Waals surface area contributed by atoms with Crippen LogP contribution in [-0.2, 0) is 4.79 Å². The third kappa shape index (κ3) is 7.06. The molecule has 0 spiro atoms. The van der Waals surface area contributed by atoms with Gasteiger partial charge in [-0.15, -0.1) is 0 Å². The van der Waals surface area contributed by atoms with Crippen molar-refractivity contribution in [3.05, 3.63) is 22.7 Å². The molecule has 1 unspecified atom stereocenters. The van der Waals surface area contributed by atoms with Crippen molar-refractivity contribution in [1.29, 1.82) is 0 Å². The smallest absolute Gasteiger partial charge is 0.255 e. The summed E-state index contributed by atoms with van der Waals surface area (Å²) in [7, 11) is 1.51. The highest BCUT2D eigenvalue weighted by molar-refractivity contribution is 6.33. The molecule has 1 heterocycles. The average molecular weight is 439 g/mol. The van der Waals surface area contributed by atoms with E-state index in [-0.39, 0.29) is 11.9 Å². The zero-order valence-corrected chi connectivity index (χ0v) is 19.1. The van der Waals surface area contributed by atoms with Crippen LogP contribution in [-0.4, -0.2) is 68.0 Å². The summed E-state index contributed by atoms with van der Waals surface area (Å²) in [5, 5.41) is 3.45. The van der Waals surface area contributed by atoms with E-state index in [1.54, 1.807) is 12.1 Å². The van der Waals surface area contributed by atoms with Gasteiger partial charge in [-0.05, 0) is 37.7 Å². The number of anilines is 1. The van der Waals surface area contributed by atoms with Crippen LogP contribution >= 0.6 is 11.6 Å². The lowest BCUT2D eigenvalue weighted by molar-refractivity contribution is -0.118. The molecule has 168 valence electrons. The molecule has 1 aromatic rings. The second kappa shape index (κ2) is 12.0. The first-order chi connectivity index (χ1) is 14.4. The molecule has 0 saturated carbocycles. The minimum Gasteiger partial charge on any atom is -0.496 e. The highest BCUT2D eigenvalue weighted by atomic mass is 35.5. The number of nitrogens with zero attached hydrogens (tertiary/aromatic N) is 2. The van der Waals surface area contributed by atoms with E-state index in [1.165, 1.54) is 7.11 Å². The quantitative estimate of drug-likeness (QED) is 0.409. The first-order valence-electron chi connectivity index (χ1n) is 10.7. The van der Waals surface area contributed by atoms with Gasteiger partial charge in [0.1, 0.15) is 5.75 Å². The number of carbonyl (C=O) groups is 2.